The van der Waals surface area contributed by atoms with E-state index in [4.69, 9.17) is 5.11 Å². The Morgan fingerprint density at radius 2 is 1.72 bits per heavy atom. The molecular weight excluding hydrogens is 374 g/mol. The highest BCUT2D eigenvalue weighted by Crippen LogP contribution is 2.27. The zero-order valence-corrected chi connectivity index (χ0v) is 17.2. The molecule has 1 heterocycles. The second kappa shape index (κ2) is 8.49. The number of likely N-dealkylation sites (tertiary alicyclic amines) is 1. The first-order valence-electron chi connectivity index (χ1n) is 9.91. The number of hydrogen-bond donors (Lipinski definition) is 1. The normalized spacial score (nSPS) is 16.0. The van der Waals surface area contributed by atoms with E-state index in [1.165, 1.54) is 12.1 Å². The van der Waals surface area contributed by atoms with Crippen LogP contribution in [0.15, 0.2) is 42.5 Å². The van der Waals surface area contributed by atoms with E-state index in [1.807, 2.05) is 24.3 Å². The Bertz CT molecular complexity index is 854. The van der Waals surface area contributed by atoms with Crippen LogP contribution in [-0.4, -0.2) is 54.4 Å². The van der Waals surface area contributed by atoms with Crippen LogP contribution >= 0.6 is 0 Å². The van der Waals surface area contributed by atoms with E-state index in [2.05, 4.69) is 16.8 Å². The third-order valence-corrected chi connectivity index (χ3v) is 5.51. The highest BCUT2D eigenvalue weighted by Gasteiger charge is 2.27. The maximum atomic E-state index is 14.0. The summed E-state index contributed by atoms with van der Waals surface area (Å²) < 4.78 is 27.8. The van der Waals surface area contributed by atoms with Gasteiger partial charge in [-0.15, -0.1) is 0 Å². The first-order valence-corrected chi connectivity index (χ1v) is 9.91. The number of alkyl halides is 1. The molecule has 4 nitrogen and oxygen atoms in total. The lowest BCUT2D eigenvalue weighted by atomic mass is 10.00. The molecule has 2 aromatic carbocycles. The molecule has 2 aromatic rings. The molecule has 0 aromatic heterocycles. The van der Waals surface area contributed by atoms with Gasteiger partial charge in [0.15, 0.2) is 0 Å². The van der Waals surface area contributed by atoms with Crippen LogP contribution in [0.2, 0.25) is 0 Å². The van der Waals surface area contributed by atoms with Gasteiger partial charge in [0, 0.05) is 38.4 Å². The van der Waals surface area contributed by atoms with Crippen LogP contribution in [0.3, 0.4) is 0 Å². The van der Waals surface area contributed by atoms with Crippen LogP contribution in [0.1, 0.15) is 37.0 Å². The Morgan fingerprint density at radius 1 is 1.14 bits per heavy atom. The van der Waals surface area contributed by atoms with Crippen LogP contribution < -0.4 is 4.90 Å². The summed E-state index contributed by atoms with van der Waals surface area (Å²) in [5.41, 5.74) is 1.05. The quantitative estimate of drug-likeness (QED) is 0.751. The molecule has 6 heteroatoms. The summed E-state index contributed by atoms with van der Waals surface area (Å²) in [7, 11) is 2.07. The number of anilines is 1. The van der Waals surface area contributed by atoms with Crippen LogP contribution in [-0.2, 0) is 0 Å². The summed E-state index contributed by atoms with van der Waals surface area (Å²) in [6.45, 7) is 5.47. The predicted molar refractivity (Wildman–Crippen MR) is 112 cm³/mol. The standard InChI is InChI=1S/C23H28F2N2O2/c1-23(2,25)15-27-12-10-19(11-13-27)26(3)18-7-4-16(5-8-18)17-6-9-20(22(28)29)21(24)14-17/h4-9,14,19H,10-13,15H2,1-3H3,(H,28,29). The first-order chi connectivity index (χ1) is 13.6. The number of aromatic carboxylic acids is 1. The van der Waals surface area contributed by atoms with E-state index in [1.54, 1.807) is 19.9 Å². The second-order valence-corrected chi connectivity index (χ2v) is 8.38. The minimum atomic E-state index is -1.27. The van der Waals surface area contributed by atoms with E-state index in [9.17, 15) is 13.6 Å². The van der Waals surface area contributed by atoms with Crippen molar-refractivity contribution in [1.29, 1.82) is 0 Å². The molecular formula is C23H28F2N2O2. The number of carbonyl (C=O) groups is 1. The molecule has 1 N–H and O–H groups in total. The Balaban J connectivity index is 1.64. The molecule has 1 aliphatic rings. The van der Waals surface area contributed by atoms with Gasteiger partial charge in [0.05, 0.1) is 5.56 Å². The molecule has 1 fully saturated rings. The molecule has 0 amide bonds. The molecule has 29 heavy (non-hydrogen) atoms. The number of carboxylic acid groups (broad SMARTS) is 1. The van der Waals surface area contributed by atoms with Gasteiger partial charge < -0.3 is 14.9 Å². The zero-order chi connectivity index (χ0) is 21.2. The van der Waals surface area contributed by atoms with E-state index in [0.29, 0.717) is 18.2 Å². The molecule has 3 rings (SSSR count). The second-order valence-electron chi connectivity index (χ2n) is 8.38. The summed E-state index contributed by atoms with van der Waals surface area (Å²) in [5.74, 6) is -2.01. The third-order valence-electron chi connectivity index (χ3n) is 5.51. The van der Waals surface area contributed by atoms with Crippen molar-refractivity contribution in [1.82, 2.24) is 4.90 Å². The highest BCUT2D eigenvalue weighted by molar-refractivity contribution is 5.88. The Labute approximate surface area is 170 Å². The first kappa shape index (κ1) is 21.2. The van der Waals surface area contributed by atoms with Crippen molar-refractivity contribution in [2.75, 3.05) is 31.6 Å². The number of hydrogen-bond acceptors (Lipinski definition) is 3. The number of carboxylic acids is 1. The minimum Gasteiger partial charge on any atom is -0.478 e. The van der Waals surface area contributed by atoms with Crippen molar-refractivity contribution >= 4 is 11.7 Å². The molecule has 0 atom stereocenters. The van der Waals surface area contributed by atoms with E-state index in [-0.39, 0.29) is 5.56 Å². The predicted octanol–water partition coefficient (Wildman–Crippen LogP) is 4.84. The summed E-state index contributed by atoms with van der Waals surface area (Å²) in [6, 6.07) is 12.4. The van der Waals surface area contributed by atoms with Crippen LogP contribution in [0.5, 0.6) is 0 Å². The fraction of sp³-hybridized carbons (Fsp3) is 0.435. The van der Waals surface area contributed by atoms with Crippen molar-refractivity contribution in [3.05, 3.63) is 53.8 Å². The molecule has 1 saturated heterocycles. The molecule has 0 radical (unpaired) electrons. The van der Waals surface area contributed by atoms with Gasteiger partial charge in [-0.05, 0) is 62.1 Å². The van der Waals surface area contributed by atoms with Gasteiger partial charge in [-0.25, -0.2) is 13.6 Å². The van der Waals surface area contributed by atoms with Crippen molar-refractivity contribution in [2.24, 2.45) is 0 Å². The monoisotopic (exact) mass is 402 g/mol. The number of nitrogens with zero attached hydrogens (tertiary/aromatic N) is 2. The highest BCUT2D eigenvalue weighted by atomic mass is 19.1. The topological polar surface area (TPSA) is 43.8 Å². The minimum absolute atomic E-state index is 0.326. The molecule has 0 spiro atoms. The summed E-state index contributed by atoms with van der Waals surface area (Å²) in [6.07, 6.45) is 1.96. The van der Waals surface area contributed by atoms with Gasteiger partial charge in [-0.2, -0.15) is 0 Å². The number of piperidine rings is 1. The fourth-order valence-electron chi connectivity index (χ4n) is 3.96. The number of rotatable bonds is 6. The largest absolute Gasteiger partial charge is 0.478 e. The van der Waals surface area contributed by atoms with Crippen molar-refractivity contribution in [2.45, 2.75) is 38.4 Å². The van der Waals surface area contributed by atoms with Gasteiger partial charge in [0.1, 0.15) is 11.5 Å². The van der Waals surface area contributed by atoms with E-state index < -0.39 is 17.5 Å². The fourth-order valence-corrected chi connectivity index (χ4v) is 3.96. The maximum Gasteiger partial charge on any atom is 0.338 e. The average Bonchev–Trinajstić information content (AvgIpc) is 2.66. The van der Waals surface area contributed by atoms with Crippen LogP contribution in [0.25, 0.3) is 11.1 Å². The van der Waals surface area contributed by atoms with Crippen molar-refractivity contribution in [3.63, 3.8) is 0 Å². The summed E-state index contributed by atoms with van der Waals surface area (Å²) in [5, 5.41) is 8.95. The maximum absolute atomic E-state index is 14.0. The van der Waals surface area contributed by atoms with Gasteiger partial charge in [-0.3, -0.25) is 0 Å². The number of benzene rings is 2. The van der Waals surface area contributed by atoms with E-state index in [0.717, 1.165) is 37.2 Å². The lowest BCUT2D eigenvalue weighted by Gasteiger charge is -2.39. The molecule has 1 aliphatic heterocycles. The van der Waals surface area contributed by atoms with Gasteiger partial charge in [0.2, 0.25) is 0 Å². The third kappa shape index (κ3) is 5.32. The average molecular weight is 402 g/mol. The smallest absolute Gasteiger partial charge is 0.338 e. The van der Waals surface area contributed by atoms with Crippen LogP contribution in [0.4, 0.5) is 14.5 Å². The summed E-state index contributed by atoms with van der Waals surface area (Å²) >= 11 is 0. The Kier molecular flexibility index (Phi) is 6.22. The molecule has 0 saturated carbocycles. The Morgan fingerprint density at radius 3 is 2.24 bits per heavy atom. The summed E-state index contributed by atoms with van der Waals surface area (Å²) in [4.78, 5) is 15.4. The van der Waals surface area contributed by atoms with E-state index >= 15 is 0 Å². The SMILES string of the molecule is CN(c1ccc(-c2ccc(C(=O)O)c(F)c2)cc1)C1CCN(CC(C)(C)F)CC1. The zero-order valence-electron chi connectivity index (χ0n) is 17.2. The number of halogens is 2. The molecule has 0 aliphatic carbocycles. The molecule has 0 unspecified atom stereocenters. The van der Waals surface area contributed by atoms with Crippen molar-refractivity contribution < 1.29 is 18.7 Å². The molecule has 0 bridgehead atoms. The van der Waals surface area contributed by atoms with Gasteiger partial charge in [-0.1, -0.05) is 18.2 Å². The lowest BCUT2D eigenvalue weighted by Crippen LogP contribution is -2.46. The lowest BCUT2D eigenvalue weighted by molar-refractivity contribution is 0.0692. The van der Waals surface area contributed by atoms with Crippen LogP contribution in [0, 0.1) is 5.82 Å². The van der Waals surface area contributed by atoms with Gasteiger partial charge in [0.25, 0.3) is 0 Å². The Hall–Kier alpha value is -2.47. The molecule has 156 valence electrons. The van der Waals surface area contributed by atoms with Crippen molar-refractivity contribution in [3.8, 4) is 11.1 Å². The van der Waals surface area contributed by atoms with Gasteiger partial charge >= 0.3 is 5.97 Å².